The molecule has 0 radical (unpaired) electrons. The van der Waals surface area contributed by atoms with Crippen molar-refractivity contribution in [3.63, 3.8) is 0 Å². The number of carbonyl (C=O) groups is 2. The molecule has 0 saturated carbocycles. The summed E-state index contributed by atoms with van der Waals surface area (Å²) in [7, 11) is -6.61. The molecule has 7 fully saturated rings. The summed E-state index contributed by atoms with van der Waals surface area (Å²) in [5, 5.41) is 3.96. The molecule has 12 rings (SSSR count). The zero-order valence-corrected chi connectivity index (χ0v) is 61.9. The van der Waals surface area contributed by atoms with Crippen LogP contribution in [0.2, 0.25) is 10.1 Å². The van der Waals surface area contributed by atoms with Crippen LogP contribution >= 0.6 is 0 Å². The highest BCUT2D eigenvalue weighted by Crippen LogP contribution is 2.50. The topological polar surface area (TPSA) is 130 Å². The maximum Gasteiger partial charge on any atom is 0.412 e. The van der Waals surface area contributed by atoms with Gasteiger partial charge >= 0.3 is 6.09 Å². The zero-order valence-electron chi connectivity index (χ0n) is 59.9. The lowest BCUT2D eigenvalue weighted by molar-refractivity contribution is -0.254. The molecule has 0 spiro atoms. The van der Waals surface area contributed by atoms with Gasteiger partial charge in [0, 0.05) is 32.1 Å². The van der Waals surface area contributed by atoms with E-state index >= 15 is 4.79 Å². The molecule has 8 aliphatic rings. The summed E-state index contributed by atoms with van der Waals surface area (Å²) >= 11 is 0. The second kappa shape index (κ2) is 28.3. The van der Waals surface area contributed by atoms with E-state index in [0.717, 1.165) is 47.2 Å². The van der Waals surface area contributed by atoms with E-state index in [1.807, 2.05) is 34.6 Å². The minimum absolute atomic E-state index is 0.0103. The third-order valence-electron chi connectivity index (χ3n) is 22.6. The molecule has 8 bridgehead atoms. The van der Waals surface area contributed by atoms with Gasteiger partial charge in [0.05, 0.1) is 67.6 Å². The standard InChI is InChI=1S/C81H111NO12Si2/c1-51-37-38-57-45-53(3)66(85-57)41-39-58-44-52(2)54(4)69(86-58)49-70-65(55(5)68(88-70)48-60-50-82(81(15,16)91-60)77(84)92-78(6,7)8)47-56(83)46-59-40-42-67-72(87-59)76(94-96(80(12,13)14,63-33-25-19-26-34-63)64-35-27-20-28-36-64)75-74(89-67)73(71(43-51)90-75)93-95(79(9,10)11,61-29-21-17-22-30-61)62-31-23-18-24-32-62/h17-38,51-52,55,57-60,65-76H,3-4,39-50H2,1-2,5-16H3/b38-37+/t51?,52-,55-,57+,58+,59-,60+,65-,66?,67+,68?,69?,70+,71-,72+,73+,74+,75-,76+/m1/s1. The minimum atomic E-state index is -3.35. The summed E-state index contributed by atoms with van der Waals surface area (Å²) in [6, 6.07) is 43.5. The van der Waals surface area contributed by atoms with Crippen LogP contribution in [0.25, 0.3) is 0 Å². The Hall–Kier alpha value is -4.89. The first-order valence-corrected chi connectivity index (χ1v) is 40.1. The van der Waals surface area contributed by atoms with E-state index in [0.29, 0.717) is 45.1 Å². The number of amides is 1. The lowest BCUT2D eigenvalue weighted by atomic mass is 9.78. The average Bonchev–Trinajstić information content (AvgIpc) is 1.36. The largest absolute Gasteiger partial charge is 0.444 e. The van der Waals surface area contributed by atoms with Crippen molar-refractivity contribution in [2.45, 2.75) is 281 Å². The Morgan fingerprint density at radius 1 is 0.573 bits per heavy atom. The molecular formula is C81H111NO12Si2. The van der Waals surface area contributed by atoms with Crippen molar-refractivity contribution in [2.75, 3.05) is 6.54 Å². The Labute approximate surface area is 576 Å². The van der Waals surface area contributed by atoms with Gasteiger partial charge in [0.15, 0.2) is 0 Å². The van der Waals surface area contributed by atoms with Crippen LogP contribution in [0, 0.1) is 23.7 Å². The summed E-state index contributed by atoms with van der Waals surface area (Å²) in [6.45, 7) is 39.9. The Morgan fingerprint density at radius 2 is 1.11 bits per heavy atom. The van der Waals surface area contributed by atoms with Crippen LogP contribution in [0.1, 0.15) is 168 Å². The second-order valence-corrected chi connectivity index (χ2v) is 41.7. The van der Waals surface area contributed by atoms with Gasteiger partial charge in [-0.2, -0.15) is 0 Å². The maximum atomic E-state index is 15.5. The second-order valence-electron chi connectivity index (χ2n) is 33.2. The monoisotopic (exact) mass is 1350 g/mol. The summed E-state index contributed by atoms with van der Waals surface area (Å²) in [4.78, 5) is 30.8. The molecule has 4 unspecified atom stereocenters. The van der Waals surface area contributed by atoms with E-state index in [1.165, 1.54) is 10.4 Å². The third kappa shape index (κ3) is 14.5. The lowest BCUT2D eigenvalue weighted by Gasteiger charge is -2.53. The van der Waals surface area contributed by atoms with Gasteiger partial charge in [0.25, 0.3) is 16.6 Å². The number of hydrogen-bond acceptors (Lipinski definition) is 12. The van der Waals surface area contributed by atoms with Crippen molar-refractivity contribution in [3.8, 4) is 0 Å². The van der Waals surface area contributed by atoms with Crippen molar-refractivity contribution in [1.82, 2.24) is 4.90 Å². The first-order valence-electron chi connectivity index (χ1n) is 36.3. The Morgan fingerprint density at radius 3 is 1.68 bits per heavy atom. The predicted octanol–water partition coefficient (Wildman–Crippen LogP) is 13.9. The predicted molar refractivity (Wildman–Crippen MR) is 383 cm³/mol. The van der Waals surface area contributed by atoms with Crippen LogP contribution in [-0.2, 0) is 51.5 Å². The molecule has 0 aliphatic carbocycles. The first-order chi connectivity index (χ1) is 45.5. The SMILES string of the molecule is C=C1C[C@@H]2/C=C/C(C)C[C@H]3O[C@H]4[C@@H](O[Si](c5ccccc5)(c5ccccc5)C(C)(C)C)[C@H]5O[C@H](CC[C@@H]5O[C@H]4[C@H]3O[Si](c3ccccc3)(c3ccccc3)C(C)(C)C)CC(=O)C[C@H]3[C@H](CC4O[C@@H](CCC1O2)C[C@@H](C)C4=C)OC(C[C@H]1CN(C(=O)OC(C)(C)C)C(C)(C)O1)[C@@H]3C. The molecule has 0 aromatic heterocycles. The van der Waals surface area contributed by atoms with Crippen molar-refractivity contribution >= 4 is 49.3 Å². The number of ether oxygens (including phenoxy) is 8. The van der Waals surface area contributed by atoms with Gasteiger partial charge in [-0.3, -0.25) is 9.69 Å². The van der Waals surface area contributed by atoms with Crippen molar-refractivity contribution in [2.24, 2.45) is 23.7 Å². The molecular weight excluding hydrogens is 1240 g/mol. The fourth-order valence-electron chi connectivity index (χ4n) is 17.8. The van der Waals surface area contributed by atoms with Crippen LogP contribution < -0.4 is 20.7 Å². The number of allylic oxidation sites excluding steroid dienone is 1. The summed E-state index contributed by atoms with van der Waals surface area (Å²) in [5.41, 5.74) is 0.628. The Balaban J connectivity index is 0.937. The summed E-state index contributed by atoms with van der Waals surface area (Å²) in [5.74, 6) is 0.247. The average molecular weight is 1350 g/mol. The number of ketones is 1. The van der Waals surface area contributed by atoms with Crippen LogP contribution in [0.15, 0.2) is 158 Å². The zero-order chi connectivity index (χ0) is 68.3. The molecule has 96 heavy (non-hydrogen) atoms. The van der Waals surface area contributed by atoms with Crippen molar-refractivity contribution < 1.29 is 56.3 Å². The van der Waals surface area contributed by atoms with E-state index in [-0.39, 0.29) is 83.6 Å². The Bertz CT molecular complexity index is 3280. The number of benzene rings is 4. The number of hydrogen-bond donors (Lipinski definition) is 0. The van der Waals surface area contributed by atoms with Gasteiger partial charge in [0.2, 0.25) is 0 Å². The van der Waals surface area contributed by atoms with E-state index in [1.54, 1.807) is 4.90 Å². The highest BCUT2D eigenvalue weighted by molar-refractivity contribution is 7.00. The molecule has 4 aromatic carbocycles. The minimum Gasteiger partial charge on any atom is -0.444 e. The number of carbonyl (C=O) groups excluding carboxylic acids is 2. The van der Waals surface area contributed by atoms with E-state index in [9.17, 15) is 4.79 Å². The van der Waals surface area contributed by atoms with Crippen LogP contribution in [-0.4, -0.2) is 143 Å². The number of fused-ring (bicyclic) bond motifs is 7. The van der Waals surface area contributed by atoms with Crippen molar-refractivity contribution in [1.29, 1.82) is 0 Å². The van der Waals surface area contributed by atoms with Crippen LogP contribution in [0.3, 0.4) is 0 Å². The molecule has 4 aromatic rings. The highest BCUT2D eigenvalue weighted by Gasteiger charge is 2.65. The number of rotatable bonds is 10. The molecule has 0 N–H and O–H groups in total. The first kappa shape index (κ1) is 71.0. The normalized spacial score (nSPS) is 35.1. The number of nitrogens with zero attached hydrogens (tertiary/aromatic N) is 1. The molecule has 8 aliphatic heterocycles. The highest BCUT2D eigenvalue weighted by atomic mass is 28.4. The van der Waals surface area contributed by atoms with Crippen LogP contribution in [0.4, 0.5) is 4.79 Å². The summed E-state index contributed by atoms with van der Waals surface area (Å²) in [6.07, 6.45) is 5.48. The van der Waals surface area contributed by atoms with Gasteiger partial charge in [-0.1, -0.05) is 209 Å². The fourth-order valence-corrected chi connectivity index (χ4v) is 27.2. The molecule has 15 heteroatoms. The lowest BCUT2D eigenvalue weighted by Crippen LogP contribution is -2.73. The third-order valence-corrected chi connectivity index (χ3v) is 32.7. The molecule has 8 heterocycles. The van der Waals surface area contributed by atoms with Gasteiger partial charge in [-0.25, -0.2) is 4.79 Å². The van der Waals surface area contributed by atoms with Crippen molar-refractivity contribution in [3.05, 3.63) is 158 Å². The smallest absolute Gasteiger partial charge is 0.412 e. The van der Waals surface area contributed by atoms with Gasteiger partial charge in [-0.15, -0.1) is 0 Å². The fraction of sp³-hybridized carbons (Fsp3) is 0.605. The van der Waals surface area contributed by atoms with E-state index in [2.05, 4.69) is 209 Å². The Kier molecular flexibility index (Phi) is 20.9. The summed E-state index contributed by atoms with van der Waals surface area (Å²) < 4.78 is 74.1. The number of Topliss-reactive ketones (excluding diaryl/α,β-unsaturated/α-hetero) is 1. The molecule has 1 amide bonds. The molecule has 7 saturated heterocycles. The van der Waals surface area contributed by atoms with E-state index in [4.69, 9.17) is 46.7 Å². The maximum absolute atomic E-state index is 15.5. The quantitative estimate of drug-likeness (QED) is 0.111. The van der Waals surface area contributed by atoms with Gasteiger partial charge in [0.1, 0.15) is 47.6 Å². The van der Waals surface area contributed by atoms with Gasteiger partial charge in [-0.05, 0) is 139 Å². The molecule has 19 atom stereocenters. The van der Waals surface area contributed by atoms with Gasteiger partial charge < -0.3 is 46.7 Å². The van der Waals surface area contributed by atoms with E-state index < -0.39 is 87.9 Å². The molecule has 13 nitrogen and oxygen atoms in total. The molecule has 520 valence electrons. The van der Waals surface area contributed by atoms with Crippen LogP contribution in [0.5, 0.6) is 0 Å².